The Morgan fingerprint density at radius 3 is 2.15 bits per heavy atom. The number of anilines is 1. The van der Waals surface area contributed by atoms with Crippen LogP contribution in [0.2, 0.25) is 10.0 Å². The summed E-state index contributed by atoms with van der Waals surface area (Å²) in [4.78, 5) is 1.43. The Hall–Kier alpha value is -0.650. The van der Waals surface area contributed by atoms with Gasteiger partial charge in [-0.1, -0.05) is 23.2 Å². The van der Waals surface area contributed by atoms with Crippen LogP contribution >= 0.6 is 23.2 Å². The SMILES string of the molecule is FC(F)(F)CN1CCC(Nc2cc(Cl)cc(Cl)c2)CC1. The van der Waals surface area contributed by atoms with E-state index in [4.69, 9.17) is 23.2 Å². The van der Waals surface area contributed by atoms with Crippen molar-refractivity contribution in [3.05, 3.63) is 28.2 Å². The lowest BCUT2D eigenvalue weighted by molar-refractivity contribution is -0.147. The van der Waals surface area contributed by atoms with Crippen molar-refractivity contribution < 1.29 is 13.2 Å². The molecule has 0 atom stereocenters. The Kier molecular flexibility index (Phi) is 5.04. The summed E-state index contributed by atoms with van der Waals surface area (Å²) in [6, 6.07) is 5.31. The van der Waals surface area contributed by atoms with Gasteiger partial charge in [0.25, 0.3) is 0 Å². The molecule has 0 aliphatic carbocycles. The van der Waals surface area contributed by atoms with Crippen molar-refractivity contribution in [2.75, 3.05) is 25.0 Å². The summed E-state index contributed by atoms with van der Waals surface area (Å²) in [5.74, 6) is 0. The van der Waals surface area contributed by atoms with Crippen molar-refractivity contribution in [3.63, 3.8) is 0 Å². The number of piperidine rings is 1. The molecule has 7 heteroatoms. The van der Waals surface area contributed by atoms with E-state index in [-0.39, 0.29) is 6.04 Å². The van der Waals surface area contributed by atoms with Gasteiger partial charge in [0, 0.05) is 34.9 Å². The molecule has 1 aromatic carbocycles. The number of hydrogen-bond donors (Lipinski definition) is 1. The zero-order valence-corrected chi connectivity index (χ0v) is 12.2. The predicted octanol–water partition coefficient (Wildman–Crippen LogP) is 4.43. The molecule has 1 aliphatic heterocycles. The van der Waals surface area contributed by atoms with E-state index in [2.05, 4.69) is 5.32 Å². The van der Waals surface area contributed by atoms with Crippen LogP contribution in [0, 0.1) is 0 Å². The highest BCUT2D eigenvalue weighted by Gasteiger charge is 2.32. The quantitative estimate of drug-likeness (QED) is 0.883. The number of halogens is 5. The van der Waals surface area contributed by atoms with Gasteiger partial charge in [-0.2, -0.15) is 13.2 Å². The summed E-state index contributed by atoms with van der Waals surface area (Å²) in [6.07, 6.45) is -2.79. The highest BCUT2D eigenvalue weighted by Crippen LogP contribution is 2.25. The number of hydrogen-bond acceptors (Lipinski definition) is 2. The number of nitrogens with one attached hydrogen (secondary N) is 1. The maximum absolute atomic E-state index is 12.3. The Labute approximate surface area is 125 Å². The second-order valence-corrected chi connectivity index (χ2v) is 5.84. The molecule has 1 aliphatic rings. The van der Waals surface area contributed by atoms with E-state index in [1.54, 1.807) is 18.2 Å². The molecule has 1 aromatic rings. The Morgan fingerprint density at radius 1 is 1.10 bits per heavy atom. The van der Waals surface area contributed by atoms with Gasteiger partial charge >= 0.3 is 6.18 Å². The van der Waals surface area contributed by atoms with E-state index in [1.165, 1.54) is 4.90 Å². The van der Waals surface area contributed by atoms with E-state index in [0.717, 1.165) is 5.69 Å². The monoisotopic (exact) mass is 326 g/mol. The highest BCUT2D eigenvalue weighted by atomic mass is 35.5. The van der Waals surface area contributed by atoms with E-state index < -0.39 is 12.7 Å². The van der Waals surface area contributed by atoms with Gasteiger partial charge in [0.05, 0.1) is 6.54 Å². The van der Waals surface area contributed by atoms with Crippen LogP contribution in [-0.2, 0) is 0 Å². The highest BCUT2D eigenvalue weighted by molar-refractivity contribution is 6.35. The zero-order valence-electron chi connectivity index (χ0n) is 10.7. The molecule has 112 valence electrons. The summed E-state index contributed by atoms with van der Waals surface area (Å²) in [6.45, 7) is 0.0413. The second-order valence-electron chi connectivity index (χ2n) is 4.97. The van der Waals surface area contributed by atoms with Crippen LogP contribution < -0.4 is 5.32 Å². The lowest BCUT2D eigenvalue weighted by atomic mass is 10.0. The first kappa shape index (κ1) is 15.7. The molecule has 0 amide bonds. The largest absolute Gasteiger partial charge is 0.401 e. The fourth-order valence-corrected chi connectivity index (χ4v) is 2.89. The molecular formula is C13H15Cl2F3N2. The lowest BCUT2D eigenvalue weighted by Crippen LogP contribution is -2.43. The average Bonchev–Trinajstić information content (AvgIpc) is 2.28. The molecule has 2 nitrogen and oxygen atoms in total. The van der Waals surface area contributed by atoms with Crippen molar-refractivity contribution in [2.24, 2.45) is 0 Å². The molecule has 1 fully saturated rings. The van der Waals surface area contributed by atoms with Crippen LogP contribution in [0.15, 0.2) is 18.2 Å². The maximum atomic E-state index is 12.3. The minimum atomic E-state index is -4.12. The topological polar surface area (TPSA) is 15.3 Å². The molecule has 1 heterocycles. The molecule has 0 saturated carbocycles. The third-order valence-electron chi connectivity index (χ3n) is 3.22. The molecule has 0 bridgehead atoms. The van der Waals surface area contributed by atoms with E-state index in [9.17, 15) is 13.2 Å². The number of benzene rings is 1. The van der Waals surface area contributed by atoms with Crippen LogP contribution in [0.3, 0.4) is 0 Å². The smallest absolute Gasteiger partial charge is 0.382 e. The standard InChI is InChI=1S/C13H15Cl2F3N2/c14-9-5-10(15)7-12(6-9)19-11-1-3-20(4-2-11)8-13(16,17)18/h5-7,11,19H,1-4,8H2. The Balaban J connectivity index is 1.85. The van der Waals surface area contributed by atoms with Gasteiger partial charge in [-0.25, -0.2) is 0 Å². The molecule has 2 rings (SSSR count). The van der Waals surface area contributed by atoms with Crippen molar-refractivity contribution in [1.82, 2.24) is 4.90 Å². The fourth-order valence-electron chi connectivity index (χ4n) is 2.36. The normalized spacial score (nSPS) is 18.2. The van der Waals surface area contributed by atoms with Gasteiger partial charge in [0.15, 0.2) is 0 Å². The number of rotatable bonds is 3. The van der Waals surface area contributed by atoms with E-state index in [0.29, 0.717) is 36.0 Å². The van der Waals surface area contributed by atoms with E-state index >= 15 is 0 Å². The van der Waals surface area contributed by atoms with Crippen LogP contribution in [0.25, 0.3) is 0 Å². The summed E-state index contributed by atoms with van der Waals surface area (Å²) >= 11 is 11.8. The maximum Gasteiger partial charge on any atom is 0.401 e. The minimum Gasteiger partial charge on any atom is -0.382 e. The minimum absolute atomic E-state index is 0.147. The van der Waals surface area contributed by atoms with Crippen molar-refractivity contribution in [3.8, 4) is 0 Å². The van der Waals surface area contributed by atoms with Crippen LogP contribution in [0.5, 0.6) is 0 Å². The molecule has 0 radical (unpaired) electrons. The first-order valence-corrected chi connectivity index (χ1v) is 7.09. The van der Waals surface area contributed by atoms with Gasteiger partial charge in [-0.05, 0) is 31.0 Å². The van der Waals surface area contributed by atoms with Crippen molar-refractivity contribution in [1.29, 1.82) is 0 Å². The third-order valence-corrected chi connectivity index (χ3v) is 3.66. The fraction of sp³-hybridized carbons (Fsp3) is 0.538. The predicted molar refractivity (Wildman–Crippen MR) is 75.6 cm³/mol. The van der Waals surface area contributed by atoms with Gasteiger partial charge in [0.2, 0.25) is 0 Å². The lowest BCUT2D eigenvalue weighted by Gasteiger charge is -2.33. The first-order chi connectivity index (χ1) is 9.32. The first-order valence-electron chi connectivity index (χ1n) is 6.33. The van der Waals surface area contributed by atoms with Gasteiger partial charge in [-0.15, -0.1) is 0 Å². The Morgan fingerprint density at radius 2 is 1.65 bits per heavy atom. The molecule has 0 unspecified atom stereocenters. The summed E-state index contributed by atoms with van der Waals surface area (Å²) in [5, 5.41) is 4.34. The van der Waals surface area contributed by atoms with E-state index in [1.807, 2.05) is 0 Å². The summed E-state index contributed by atoms with van der Waals surface area (Å²) in [7, 11) is 0. The summed E-state index contributed by atoms with van der Waals surface area (Å²) < 4.78 is 36.9. The van der Waals surface area contributed by atoms with Crippen LogP contribution in [0.4, 0.5) is 18.9 Å². The molecule has 0 spiro atoms. The van der Waals surface area contributed by atoms with Gasteiger partial charge < -0.3 is 5.32 Å². The number of alkyl halides is 3. The third kappa shape index (κ3) is 5.04. The molecule has 1 N–H and O–H groups in total. The second kappa shape index (κ2) is 6.41. The van der Waals surface area contributed by atoms with Crippen molar-refractivity contribution >= 4 is 28.9 Å². The van der Waals surface area contributed by atoms with Gasteiger partial charge in [0.1, 0.15) is 0 Å². The van der Waals surface area contributed by atoms with Crippen molar-refractivity contribution in [2.45, 2.75) is 25.1 Å². The molecule has 0 aromatic heterocycles. The van der Waals surface area contributed by atoms with Crippen LogP contribution in [-0.4, -0.2) is 36.8 Å². The van der Waals surface area contributed by atoms with Gasteiger partial charge in [-0.3, -0.25) is 4.90 Å². The average molecular weight is 327 g/mol. The number of nitrogens with zero attached hydrogens (tertiary/aromatic N) is 1. The zero-order chi connectivity index (χ0) is 14.8. The Bertz CT molecular complexity index is 437. The van der Waals surface area contributed by atoms with Crippen LogP contribution in [0.1, 0.15) is 12.8 Å². The molecule has 20 heavy (non-hydrogen) atoms. The summed E-state index contributed by atoms with van der Waals surface area (Å²) in [5.41, 5.74) is 0.803. The molecule has 1 saturated heterocycles. The number of likely N-dealkylation sites (tertiary alicyclic amines) is 1. The molecular weight excluding hydrogens is 312 g/mol.